The molecular weight excluding hydrogens is 255 g/mol. The number of carbonyl (C=O) groups excluding carboxylic acids is 1. The van der Waals surface area contributed by atoms with Crippen LogP contribution in [-0.2, 0) is 15.6 Å². The van der Waals surface area contributed by atoms with Gasteiger partial charge in [-0.1, -0.05) is 0 Å². The number of hydrogen-bond donors (Lipinski definition) is 1. The average Bonchev–Trinajstić information content (AvgIpc) is 2.28. The SMILES string of the molecule is CN(C)C(=O)CCCS(=O)c1ccc(N)cc1F. The van der Waals surface area contributed by atoms with E-state index in [2.05, 4.69) is 0 Å². The van der Waals surface area contributed by atoms with Gasteiger partial charge in [-0.05, 0) is 24.6 Å². The number of amides is 1. The van der Waals surface area contributed by atoms with Gasteiger partial charge < -0.3 is 10.6 Å². The van der Waals surface area contributed by atoms with Gasteiger partial charge in [0.1, 0.15) is 5.82 Å². The van der Waals surface area contributed by atoms with E-state index in [-0.39, 0.29) is 16.6 Å². The Morgan fingerprint density at radius 1 is 1.44 bits per heavy atom. The maximum atomic E-state index is 13.5. The Bertz CT molecular complexity index is 463. The highest BCUT2D eigenvalue weighted by Crippen LogP contribution is 2.16. The zero-order chi connectivity index (χ0) is 13.7. The highest BCUT2D eigenvalue weighted by molar-refractivity contribution is 7.85. The van der Waals surface area contributed by atoms with Crippen molar-refractivity contribution in [2.24, 2.45) is 0 Å². The van der Waals surface area contributed by atoms with Gasteiger partial charge in [0.15, 0.2) is 0 Å². The number of benzene rings is 1. The summed E-state index contributed by atoms with van der Waals surface area (Å²) in [4.78, 5) is 12.9. The van der Waals surface area contributed by atoms with E-state index in [1.54, 1.807) is 14.1 Å². The zero-order valence-electron chi connectivity index (χ0n) is 10.5. The summed E-state index contributed by atoms with van der Waals surface area (Å²) in [5, 5.41) is 0. The quantitative estimate of drug-likeness (QED) is 0.824. The molecule has 1 aromatic rings. The molecule has 6 heteroatoms. The highest BCUT2D eigenvalue weighted by Gasteiger charge is 2.11. The smallest absolute Gasteiger partial charge is 0.222 e. The van der Waals surface area contributed by atoms with Crippen LogP contribution in [-0.4, -0.2) is 34.9 Å². The Morgan fingerprint density at radius 3 is 2.67 bits per heavy atom. The molecule has 0 saturated carbocycles. The average molecular weight is 272 g/mol. The number of nitrogens with two attached hydrogens (primary N) is 1. The van der Waals surface area contributed by atoms with Crippen molar-refractivity contribution in [3.05, 3.63) is 24.0 Å². The molecule has 18 heavy (non-hydrogen) atoms. The topological polar surface area (TPSA) is 63.4 Å². The molecule has 4 nitrogen and oxygen atoms in total. The van der Waals surface area contributed by atoms with Gasteiger partial charge in [0, 0.05) is 32.0 Å². The fourth-order valence-corrected chi connectivity index (χ4v) is 2.51. The lowest BCUT2D eigenvalue weighted by atomic mass is 10.3. The van der Waals surface area contributed by atoms with Crippen molar-refractivity contribution in [3.63, 3.8) is 0 Å². The van der Waals surface area contributed by atoms with E-state index >= 15 is 0 Å². The predicted molar refractivity (Wildman–Crippen MR) is 70.0 cm³/mol. The van der Waals surface area contributed by atoms with Crippen LogP contribution < -0.4 is 5.73 Å². The lowest BCUT2D eigenvalue weighted by Crippen LogP contribution is -2.21. The number of nitrogens with zero attached hydrogens (tertiary/aromatic N) is 1. The van der Waals surface area contributed by atoms with Crippen molar-refractivity contribution in [2.45, 2.75) is 17.7 Å². The van der Waals surface area contributed by atoms with E-state index in [0.717, 1.165) is 6.07 Å². The fourth-order valence-electron chi connectivity index (χ4n) is 1.39. The summed E-state index contributed by atoms with van der Waals surface area (Å²) in [6.45, 7) is 0. The molecule has 100 valence electrons. The van der Waals surface area contributed by atoms with Crippen LogP contribution in [0.25, 0.3) is 0 Å². The molecule has 1 rings (SSSR count). The molecule has 0 aliphatic heterocycles. The second kappa shape index (κ2) is 6.49. The number of carbonyl (C=O) groups is 1. The van der Waals surface area contributed by atoms with Gasteiger partial charge in [0.25, 0.3) is 0 Å². The summed E-state index contributed by atoms with van der Waals surface area (Å²) in [6.07, 6.45) is 0.781. The Labute approximate surface area is 108 Å². The van der Waals surface area contributed by atoms with Gasteiger partial charge in [0.05, 0.1) is 15.7 Å². The van der Waals surface area contributed by atoms with Crippen molar-refractivity contribution < 1.29 is 13.4 Å². The van der Waals surface area contributed by atoms with Gasteiger partial charge in [0.2, 0.25) is 5.91 Å². The second-order valence-corrected chi connectivity index (χ2v) is 5.67. The molecule has 2 N–H and O–H groups in total. The standard InChI is InChI=1S/C12H17FN2O2S/c1-15(2)12(16)4-3-7-18(17)11-6-5-9(14)8-10(11)13/h5-6,8H,3-4,7,14H2,1-2H3. The summed E-state index contributed by atoms with van der Waals surface area (Å²) >= 11 is 0. The molecule has 1 amide bonds. The minimum absolute atomic E-state index is 0.0234. The molecule has 1 atom stereocenters. The van der Waals surface area contributed by atoms with Gasteiger partial charge in [-0.2, -0.15) is 0 Å². The Kier molecular flexibility index (Phi) is 5.27. The van der Waals surface area contributed by atoms with Gasteiger partial charge in [-0.25, -0.2) is 4.39 Å². The zero-order valence-corrected chi connectivity index (χ0v) is 11.3. The summed E-state index contributed by atoms with van der Waals surface area (Å²) in [5.74, 6) is -0.322. The third-order valence-corrected chi connectivity index (χ3v) is 3.90. The molecular formula is C12H17FN2O2S. The molecule has 0 spiro atoms. The van der Waals surface area contributed by atoms with Crippen molar-refractivity contribution >= 4 is 22.4 Å². The number of anilines is 1. The van der Waals surface area contributed by atoms with Crippen LogP contribution in [0.2, 0.25) is 0 Å². The van der Waals surface area contributed by atoms with Crippen LogP contribution in [0.5, 0.6) is 0 Å². The lowest BCUT2D eigenvalue weighted by molar-refractivity contribution is -0.128. The van der Waals surface area contributed by atoms with Crippen molar-refractivity contribution in [3.8, 4) is 0 Å². The molecule has 0 saturated heterocycles. The first-order valence-corrected chi connectivity index (χ1v) is 6.87. The van der Waals surface area contributed by atoms with E-state index in [1.807, 2.05) is 0 Å². The normalized spacial score (nSPS) is 12.2. The molecule has 0 aliphatic carbocycles. The van der Waals surface area contributed by atoms with Crippen LogP contribution >= 0.6 is 0 Å². The van der Waals surface area contributed by atoms with Crippen LogP contribution in [0.15, 0.2) is 23.1 Å². The minimum Gasteiger partial charge on any atom is -0.399 e. The third-order valence-electron chi connectivity index (χ3n) is 2.42. The van der Waals surface area contributed by atoms with E-state index in [4.69, 9.17) is 5.73 Å². The third kappa shape index (κ3) is 4.10. The molecule has 0 aromatic heterocycles. The molecule has 0 heterocycles. The largest absolute Gasteiger partial charge is 0.399 e. The monoisotopic (exact) mass is 272 g/mol. The first-order valence-electron chi connectivity index (χ1n) is 5.55. The molecule has 0 fully saturated rings. The van der Waals surface area contributed by atoms with Crippen molar-refractivity contribution in [2.75, 3.05) is 25.6 Å². The number of hydrogen-bond acceptors (Lipinski definition) is 3. The van der Waals surface area contributed by atoms with Gasteiger partial charge in [-0.15, -0.1) is 0 Å². The van der Waals surface area contributed by atoms with E-state index in [0.29, 0.717) is 18.5 Å². The Balaban J connectivity index is 2.53. The van der Waals surface area contributed by atoms with Crippen molar-refractivity contribution in [1.82, 2.24) is 4.90 Å². The van der Waals surface area contributed by atoms with Crippen LogP contribution in [0.1, 0.15) is 12.8 Å². The molecule has 1 unspecified atom stereocenters. The number of halogens is 1. The first kappa shape index (κ1) is 14.6. The van der Waals surface area contributed by atoms with Crippen LogP contribution in [0.4, 0.5) is 10.1 Å². The number of nitrogen functional groups attached to an aromatic ring is 1. The molecule has 0 radical (unpaired) electrons. The van der Waals surface area contributed by atoms with E-state index in [1.165, 1.54) is 17.0 Å². The maximum Gasteiger partial charge on any atom is 0.222 e. The maximum absolute atomic E-state index is 13.5. The highest BCUT2D eigenvalue weighted by atomic mass is 32.2. The van der Waals surface area contributed by atoms with E-state index in [9.17, 15) is 13.4 Å². The summed E-state index contributed by atoms with van der Waals surface area (Å²) < 4.78 is 25.3. The van der Waals surface area contributed by atoms with Gasteiger partial charge >= 0.3 is 0 Å². The Hall–Kier alpha value is -1.43. The summed E-state index contributed by atoms with van der Waals surface area (Å²) in [5.41, 5.74) is 5.71. The molecule has 0 bridgehead atoms. The molecule has 1 aromatic carbocycles. The predicted octanol–water partition coefficient (Wildman–Crippen LogP) is 1.38. The first-order chi connectivity index (χ1) is 8.41. The minimum atomic E-state index is -1.43. The fraction of sp³-hybridized carbons (Fsp3) is 0.417. The van der Waals surface area contributed by atoms with Crippen LogP contribution in [0, 0.1) is 5.82 Å². The lowest BCUT2D eigenvalue weighted by Gasteiger charge is -2.09. The van der Waals surface area contributed by atoms with E-state index < -0.39 is 16.6 Å². The Morgan fingerprint density at radius 2 is 2.11 bits per heavy atom. The second-order valence-electron chi connectivity index (χ2n) is 4.13. The number of rotatable bonds is 5. The van der Waals surface area contributed by atoms with Gasteiger partial charge in [-0.3, -0.25) is 9.00 Å². The summed E-state index contributed by atoms with van der Waals surface area (Å²) in [7, 11) is 1.90. The summed E-state index contributed by atoms with van der Waals surface area (Å²) in [6, 6.07) is 4.09. The van der Waals surface area contributed by atoms with Crippen LogP contribution in [0.3, 0.4) is 0 Å². The molecule has 0 aliphatic rings. The van der Waals surface area contributed by atoms with Crippen molar-refractivity contribution in [1.29, 1.82) is 0 Å².